The smallest absolute Gasteiger partial charge is 0.251 e. The molecule has 3 N–H and O–H groups in total. The van der Waals surface area contributed by atoms with Crippen LogP contribution in [-0.2, 0) is 4.79 Å². The van der Waals surface area contributed by atoms with Crippen LogP contribution in [0.1, 0.15) is 24.2 Å². The number of carbonyl (C=O) groups excluding carboxylic acids is 2. The van der Waals surface area contributed by atoms with E-state index >= 15 is 0 Å². The molecule has 0 atom stereocenters. The predicted molar refractivity (Wildman–Crippen MR) is 92.6 cm³/mol. The number of carbonyl (C=O) groups is 2. The molecule has 0 aliphatic heterocycles. The van der Waals surface area contributed by atoms with Crippen LogP contribution in [0.3, 0.4) is 0 Å². The third kappa shape index (κ3) is 5.39. The van der Waals surface area contributed by atoms with E-state index in [1.807, 2.05) is 13.8 Å². The van der Waals surface area contributed by atoms with Crippen LogP contribution in [0, 0.1) is 5.82 Å². The summed E-state index contributed by atoms with van der Waals surface area (Å²) in [6.45, 7) is 3.86. The zero-order chi connectivity index (χ0) is 17.5. The topological polar surface area (TPSA) is 70.2 Å². The Hall–Kier alpha value is -2.89. The Morgan fingerprint density at radius 1 is 0.958 bits per heavy atom. The van der Waals surface area contributed by atoms with Crippen LogP contribution in [0.2, 0.25) is 0 Å². The van der Waals surface area contributed by atoms with Crippen molar-refractivity contribution in [3.05, 3.63) is 59.9 Å². The van der Waals surface area contributed by atoms with Gasteiger partial charge in [-0.2, -0.15) is 0 Å². The maximum Gasteiger partial charge on any atom is 0.251 e. The summed E-state index contributed by atoms with van der Waals surface area (Å²) >= 11 is 0. The number of benzene rings is 2. The zero-order valence-electron chi connectivity index (χ0n) is 13.6. The lowest BCUT2D eigenvalue weighted by atomic mass is 10.2. The molecule has 0 saturated carbocycles. The van der Waals surface area contributed by atoms with Gasteiger partial charge in [-0.05, 0) is 62.4 Å². The summed E-state index contributed by atoms with van der Waals surface area (Å²) in [4.78, 5) is 23.7. The number of hydrogen-bond donors (Lipinski definition) is 3. The molecule has 24 heavy (non-hydrogen) atoms. The largest absolute Gasteiger partial charge is 0.376 e. The Bertz CT molecular complexity index is 697. The van der Waals surface area contributed by atoms with Gasteiger partial charge in [0, 0.05) is 23.0 Å². The number of amides is 2. The third-order valence-electron chi connectivity index (χ3n) is 3.15. The van der Waals surface area contributed by atoms with Gasteiger partial charge in [0.2, 0.25) is 5.91 Å². The summed E-state index contributed by atoms with van der Waals surface area (Å²) in [5.41, 5.74) is 1.82. The first-order chi connectivity index (χ1) is 11.4. The number of anilines is 2. The molecule has 2 aromatic carbocycles. The first-order valence-electron chi connectivity index (χ1n) is 7.64. The van der Waals surface area contributed by atoms with E-state index in [1.165, 1.54) is 24.3 Å². The molecule has 6 heteroatoms. The molecule has 0 bridgehead atoms. The molecule has 0 spiro atoms. The zero-order valence-corrected chi connectivity index (χ0v) is 13.6. The van der Waals surface area contributed by atoms with E-state index in [4.69, 9.17) is 0 Å². The van der Waals surface area contributed by atoms with E-state index in [2.05, 4.69) is 16.0 Å². The van der Waals surface area contributed by atoms with Crippen molar-refractivity contribution in [3.8, 4) is 0 Å². The van der Waals surface area contributed by atoms with Gasteiger partial charge in [-0.25, -0.2) is 4.39 Å². The van der Waals surface area contributed by atoms with Crippen LogP contribution in [0.25, 0.3) is 0 Å². The molecule has 0 aromatic heterocycles. The van der Waals surface area contributed by atoms with E-state index in [9.17, 15) is 14.0 Å². The highest BCUT2D eigenvalue weighted by Crippen LogP contribution is 2.11. The molecule has 2 rings (SSSR count). The van der Waals surface area contributed by atoms with E-state index in [0.29, 0.717) is 11.3 Å². The van der Waals surface area contributed by atoms with Crippen molar-refractivity contribution in [3.63, 3.8) is 0 Å². The minimum Gasteiger partial charge on any atom is -0.376 e. The fourth-order valence-electron chi connectivity index (χ4n) is 2.01. The van der Waals surface area contributed by atoms with Crippen LogP contribution >= 0.6 is 0 Å². The van der Waals surface area contributed by atoms with Crippen molar-refractivity contribution in [1.82, 2.24) is 5.32 Å². The van der Waals surface area contributed by atoms with Gasteiger partial charge >= 0.3 is 0 Å². The molecule has 0 heterocycles. The molecule has 5 nitrogen and oxygen atoms in total. The molecule has 0 aliphatic rings. The Labute approximate surface area is 140 Å². The van der Waals surface area contributed by atoms with Crippen molar-refractivity contribution < 1.29 is 14.0 Å². The first-order valence-corrected chi connectivity index (χ1v) is 7.64. The molecule has 2 aromatic rings. The van der Waals surface area contributed by atoms with Gasteiger partial charge < -0.3 is 16.0 Å². The molecule has 0 unspecified atom stereocenters. The minimum atomic E-state index is -0.354. The van der Waals surface area contributed by atoms with E-state index in [0.717, 1.165) is 5.69 Å². The van der Waals surface area contributed by atoms with Gasteiger partial charge in [-0.15, -0.1) is 0 Å². The Balaban J connectivity index is 1.84. The molecule has 0 aliphatic carbocycles. The third-order valence-corrected chi connectivity index (χ3v) is 3.15. The van der Waals surface area contributed by atoms with Gasteiger partial charge in [0.15, 0.2) is 0 Å². The average Bonchev–Trinajstić information content (AvgIpc) is 2.55. The average molecular weight is 329 g/mol. The SMILES string of the molecule is CC(C)NC(=O)c1ccc(NCC(=O)Nc2ccc(F)cc2)cc1. The molecule has 126 valence electrons. The Morgan fingerprint density at radius 3 is 2.12 bits per heavy atom. The summed E-state index contributed by atoms with van der Waals surface area (Å²) in [6, 6.07) is 12.5. The van der Waals surface area contributed by atoms with Crippen molar-refractivity contribution in [2.45, 2.75) is 19.9 Å². The number of halogens is 1. The van der Waals surface area contributed by atoms with Crippen LogP contribution < -0.4 is 16.0 Å². The van der Waals surface area contributed by atoms with Crippen molar-refractivity contribution in [2.75, 3.05) is 17.2 Å². The standard InChI is InChI=1S/C18H20FN3O2/c1-12(2)21-18(24)13-3-7-15(8-4-13)20-11-17(23)22-16-9-5-14(19)6-10-16/h3-10,12,20H,11H2,1-2H3,(H,21,24)(H,22,23). The van der Waals surface area contributed by atoms with E-state index in [1.54, 1.807) is 24.3 Å². The Kier molecular flexibility index (Phi) is 5.89. The van der Waals surface area contributed by atoms with Crippen molar-refractivity contribution >= 4 is 23.2 Å². The van der Waals surface area contributed by atoms with Gasteiger partial charge in [0.1, 0.15) is 5.82 Å². The normalized spacial score (nSPS) is 10.3. The maximum atomic E-state index is 12.8. The summed E-state index contributed by atoms with van der Waals surface area (Å²) in [5, 5.41) is 8.43. The predicted octanol–water partition coefficient (Wildman–Crippen LogP) is 3.01. The number of nitrogens with one attached hydrogen (secondary N) is 3. The second kappa shape index (κ2) is 8.10. The monoisotopic (exact) mass is 329 g/mol. The number of hydrogen-bond acceptors (Lipinski definition) is 3. The second-order valence-corrected chi connectivity index (χ2v) is 5.61. The summed E-state index contributed by atoms with van der Waals surface area (Å²) < 4.78 is 12.8. The summed E-state index contributed by atoms with van der Waals surface area (Å²) in [7, 11) is 0. The highest BCUT2D eigenvalue weighted by molar-refractivity contribution is 5.95. The van der Waals surface area contributed by atoms with Gasteiger partial charge in [-0.1, -0.05) is 0 Å². The molecule has 0 radical (unpaired) electrons. The quantitative estimate of drug-likeness (QED) is 0.763. The number of rotatable bonds is 6. The highest BCUT2D eigenvalue weighted by atomic mass is 19.1. The van der Waals surface area contributed by atoms with Gasteiger partial charge in [-0.3, -0.25) is 9.59 Å². The van der Waals surface area contributed by atoms with E-state index < -0.39 is 0 Å². The first kappa shape index (κ1) is 17.5. The van der Waals surface area contributed by atoms with Crippen LogP contribution in [0.15, 0.2) is 48.5 Å². The van der Waals surface area contributed by atoms with Gasteiger partial charge in [0.25, 0.3) is 5.91 Å². The highest BCUT2D eigenvalue weighted by Gasteiger charge is 2.07. The Morgan fingerprint density at radius 2 is 1.54 bits per heavy atom. The lowest BCUT2D eigenvalue weighted by molar-refractivity contribution is -0.114. The molecule has 0 saturated heterocycles. The fourth-order valence-corrected chi connectivity index (χ4v) is 2.01. The second-order valence-electron chi connectivity index (χ2n) is 5.61. The van der Waals surface area contributed by atoms with Gasteiger partial charge in [0.05, 0.1) is 6.54 Å². The molecular formula is C18H20FN3O2. The van der Waals surface area contributed by atoms with Crippen molar-refractivity contribution in [1.29, 1.82) is 0 Å². The fraction of sp³-hybridized carbons (Fsp3) is 0.222. The maximum absolute atomic E-state index is 12.8. The lowest BCUT2D eigenvalue weighted by Gasteiger charge is -2.10. The van der Waals surface area contributed by atoms with E-state index in [-0.39, 0.29) is 30.2 Å². The van der Waals surface area contributed by atoms with Crippen LogP contribution in [-0.4, -0.2) is 24.4 Å². The molecule has 2 amide bonds. The van der Waals surface area contributed by atoms with Crippen LogP contribution in [0.5, 0.6) is 0 Å². The summed E-state index contributed by atoms with van der Waals surface area (Å²) in [6.07, 6.45) is 0. The molecule has 0 fully saturated rings. The molecular weight excluding hydrogens is 309 g/mol. The van der Waals surface area contributed by atoms with Crippen LogP contribution in [0.4, 0.5) is 15.8 Å². The summed E-state index contributed by atoms with van der Waals surface area (Å²) in [5.74, 6) is -0.735. The van der Waals surface area contributed by atoms with Crippen molar-refractivity contribution in [2.24, 2.45) is 0 Å². The minimum absolute atomic E-state index is 0.0644. The lowest BCUT2D eigenvalue weighted by Crippen LogP contribution is -2.30.